The average Bonchev–Trinajstić information content (AvgIpc) is 3.13. The SMILES string of the molecule is Cc1ccc(NC(=O)CN2C(=O)S/C(=C/c3cc(I)c(OCc4ccccc4C#N)c(I)c3)C2=O)cc1C. The molecule has 3 amide bonds. The highest BCUT2D eigenvalue weighted by Crippen LogP contribution is 2.35. The molecular formula is C28H21I2N3O4S. The summed E-state index contributed by atoms with van der Waals surface area (Å²) in [6.45, 7) is 3.81. The minimum Gasteiger partial charge on any atom is -0.487 e. The van der Waals surface area contributed by atoms with Gasteiger partial charge in [-0.1, -0.05) is 24.3 Å². The number of nitrogens with one attached hydrogen (secondary N) is 1. The summed E-state index contributed by atoms with van der Waals surface area (Å²) < 4.78 is 7.66. The molecule has 7 nitrogen and oxygen atoms in total. The minimum absolute atomic E-state index is 0.247. The number of imide groups is 1. The Balaban J connectivity index is 1.45. The molecule has 10 heteroatoms. The molecule has 0 radical (unpaired) electrons. The van der Waals surface area contributed by atoms with Gasteiger partial charge in [0.25, 0.3) is 11.1 Å². The Morgan fingerprint density at radius 2 is 1.79 bits per heavy atom. The lowest BCUT2D eigenvalue weighted by molar-refractivity contribution is -0.127. The Morgan fingerprint density at radius 3 is 2.47 bits per heavy atom. The molecule has 3 aromatic rings. The molecule has 0 bridgehead atoms. The third kappa shape index (κ3) is 6.57. The number of halogens is 2. The van der Waals surface area contributed by atoms with Crippen molar-refractivity contribution in [1.82, 2.24) is 4.90 Å². The van der Waals surface area contributed by atoms with Gasteiger partial charge in [-0.15, -0.1) is 0 Å². The van der Waals surface area contributed by atoms with Gasteiger partial charge < -0.3 is 10.1 Å². The quantitative estimate of drug-likeness (QED) is 0.215. The van der Waals surface area contributed by atoms with Gasteiger partial charge in [-0.05, 0) is 124 Å². The van der Waals surface area contributed by atoms with Crippen LogP contribution in [0.2, 0.25) is 0 Å². The molecule has 4 rings (SSSR count). The van der Waals surface area contributed by atoms with Crippen molar-refractivity contribution in [3.05, 3.63) is 94.5 Å². The Morgan fingerprint density at radius 1 is 1.08 bits per heavy atom. The van der Waals surface area contributed by atoms with Gasteiger partial charge in [0, 0.05) is 11.3 Å². The summed E-state index contributed by atoms with van der Waals surface area (Å²) in [4.78, 5) is 39.2. The number of benzene rings is 3. The summed E-state index contributed by atoms with van der Waals surface area (Å²) in [5.74, 6) is -0.277. The zero-order valence-corrected chi connectivity index (χ0v) is 25.5. The molecule has 0 aliphatic carbocycles. The summed E-state index contributed by atoms with van der Waals surface area (Å²) in [6, 6.07) is 18.7. The zero-order valence-electron chi connectivity index (χ0n) is 20.4. The first-order valence-corrected chi connectivity index (χ1v) is 14.4. The molecule has 38 heavy (non-hydrogen) atoms. The van der Waals surface area contributed by atoms with Crippen molar-refractivity contribution in [3.63, 3.8) is 0 Å². The molecule has 1 heterocycles. The van der Waals surface area contributed by atoms with Gasteiger partial charge >= 0.3 is 0 Å². The summed E-state index contributed by atoms with van der Waals surface area (Å²) in [7, 11) is 0. The second-order valence-corrected chi connectivity index (χ2v) is 11.8. The van der Waals surface area contributed by atoms with Crippen molar-refractivity contribution in [3.8, 4) is 11.8 Å². The average molecular weight is 749 g/mol. The number of amides is 3. The molecule has 0 spiro atoms. The van der Waals surface area contributed by atoms with Crippen LogP contribution in [0.15, 0.2) is 59.5 Å². The van der Waals surface area contributed by atoms with Crippen LogP contribution in [0.3, 0.4) is 0 Å². The Labute approximate surface area is 251 Å². The van der Waals surface area contributed by atoms with Crippen molar-refractivity contribution in [1.29, 1.82) is 5.26 Å². The normalized spacial score (nSPS) is 14.1. The van der Waals surface area contributed by atoms with Crippen LogP contribution in [0.4, 0.5) is 10.5 Å². The lowest BCUT2D eigenvalue weighted by Crippen LogP contribution is -2.36. The van der Waals surface area contributed by atoms with Gasteiger partial charge in [0.1, 0.15) is 18.9 Å². The van der Waals surface area contributed by atoms with E-state index in [1.54, 1.807) is 18.2 Å². The highest BCUT2D eigenvalue weighted by atomic mass is 127. The van der Waals surface area contributed by atoms with Crippen LogP contribution in [-0.2, 0) is 16.2 Å². The van der Waals surface area contributed by atoms with Crippen LogP contribution >= 0.6 is 56.9 Å². The maximum Gasteiger partial charge on any atom is 0.294 e. The number of carbonyl (C=O) groups is 3. The number of anilines is 1. The molecule has 1 N–H and O–H groups in total. The molecular weight excluding hydrogens is 728 g/mol. The predicted octanol–water partition coefficient (Wildman–Crippen LogP) is 6.64. The number of ether oxygens (including phenoxy) is 1. The van der Waals surface area contributed by atoms with Gasteiger partial charge in [-0.25, -0.2) is 0 Å². The molecule has 0 atom stereocenters. The fourth-order valence-electron chi connectivity index (χ4n) is 3.66. The molecule has 1 fully saturated rings. The van der Waals surface area contributed by atoms with E-state index >= 15 is 0 Å². The Hall–Kier alpha value is -2.89. The Kier molecular flexibility index (Phi) is 9.11. The van der Waals surface area contributed by atoms with Gasteiger partial charge in [0.05, 0.1) is 23.7 Å². The summed E-state index contributed by atoms with van der Waals surface area (Å²) in [5.41, 5.74) is 4.84. The van der Waals surface area contributed by atoms with Gasteiger partial charge in [0.2, 0.25) is 5.91 Å². The van der Waals surface area contributed by atoms with E-state index in [1.165, 1.54) is 0 Å². The molecule has 0 saturated carbocycles. The van der Waals surface area contributed by atoms with E-state index in [4.69, 9.17) is 4.74 Å². The molecule has 1 saturated heterocycles. The third-order valence-electron chi connectivity index (χ3n) is 5.79. The number of aryl methyl sites for hydroxylation is 2. The Bertz CT molecular complexity index is 1510. The van der Waals surface area contributed by atoms with E-state index in [9.17, 15) is 19.6 Å². The molecule has 3 aromatic carbocycles. The topological polar surface area (TPSA) is 99.5 Å². The van der Waals surface area contributed by atoms with E-state index in [0.29, 0.717) is 17.0 Å². The molecule has 192 valence electrons. The third-order valence-corrected chi connectivity index (χ3v) is 8.30. The number of nitrogens with zero attached hydrogens (tertiary/aromatic N) is 2. The number of thioether (sulfide) groups is 1. The number of hydrogen-bond donors (Lipinski definition) is 1. The van der Waals surface area contributed by atoms with E-state index < -0.39 is 17.1 Å². The molecule has 0 aromatic heterocycles. The van der Waals surface area contributed by atoms with Crippen molar-refractivity contribution < 1.29 is 19.1 Å². The predicted molar refractivity (Wildman–Crippen MR) is 165 cm³/mol. The van der Waals surface area contributed by atoms with Crippen molar-refractivity contribution in [2.45, 2.75) is 20.5 Å². The largest absolute Gasteiger partial charge is 0.487 e. The minimum atomic E-state index is -0.506. The number of nitriles is 1. The number of hydrogen-bond acceptors (Lipinski definition) is 6. The molecule has 0 unspecified atom stereocenters. The monoisotopic (exact) mass is 749 g/mol. The van der Waals surface area contributed by atoms with E-state index in [1.807, 2.05) is 56.3 Å². The highest BCUT2D eigenvalue weighted by molar-refractivity contribution is 14.1. The van der Waals surface area contributed by atoms with Crippen LogP contribution in [0.1, 0.15) is 27.8 Å². The maximum absolute atomic E-state index is 12.9. The zero-order chi connectivity index (χ0) is 27.4. The summed E-state index contributed by atoms with van der Waals surface area (Å²) in [6.07, 6.45) is 1.64. The van der Waals surface area contributed by atoms with E-state index in [-0.39, 0.29) is 18.1 Å². The van der Waals surface area contributed by atoms with Crippen LogP contribution < -0.4 is 10.1 Å². The van der Waals surface area contributed by atoms with E-state index in [2.05, 4.69) is 56.6 Å². The first-order chi connectivity index (χ1) is 18.2. The van der Waals surface area contributed by atoms with Gasteiger partial charge in [0.15, 0.2) is 0 Å². The van der Waals surface area contributed by atoms with Gasteiger partial charge in [-0.3, -0.25) is 19.3 Å². The summed E-state index contributed by atoms with van der Waals surface area (Å²) in [5, 5.41) is 11.6. The van der Waals surface area contributed by atoms with E-state index in [0.717, 1.165) is 46.1 Å². The standard InChI is InChI=1S/C28H21I2N3O4S/c1-16-7-8-21(9-17(16)2)32-25(34)14-33-27(35)24(38-28(33)36)12-18-10-22(29)26(23(30)11-18)37-15-20-6-4-3-5-19(20)13-31/h3-12H,14-15H2,1-2H3,(H,32,34)/b24-12+. The van der Waals surface area contributed by atoms with Crippen molar-refractivity contribution >= 4 is 85.8 Å². The maximum atomic E-state index is 12.9. The second-order valence-electron chi connectivity index (χ2n) is 8.49. The second kappa shape index (κ2) is 12.3. The van der Waals surface area contributed by atoms with Crippen LogP contribution in [0.25, 0.3) is 6.08 Å². The van der Waals surface area contributed by atoms with Crippen LogP contribution in [-0.4, -0.2) is 28.5 Å². The fraction of sp³-hybridized carbons (Fsp3) is 0.143. The van der Waals surface area contributed by atoms with Crippen molar-refractivity contribution in [2.75, 3.05) is 11.9 Å². The highest BCUT2D eigenvalue weighted by Gasteiger charge is 2.36. The van der Waals surface area contributed by atoms with Gasteiger partial charge in [-0.2, -0.15) is 5.26 Å². The smallest absolute Gasteiger partial charge is 0.294 e. The lowest BCUT2D eigenvalue weighted by atomic mass is 10.1. The molecule has 1 aliphatic rings. The summed E-state index contributed by atoms with van der Waals surface area (Å²) >= 11 is 5.12. The van der Waals surface area contributed by atoms with Crippen LogP contribution in [0.5, 0.6) is 5.75 Å². The molecule has 1 aliphatic heterocycles. The van der Waals surface area contributed by atoms with Crippen molar-refractivity contribution in [2.24, 2.45) is 0 Å². The fourth-order valence-corrected chi connectivity index (χ4v) is 6.62. The number of rotatable bonds is 7. The number of carbonyl (C=O) groups excluding carboxylic acids is 3. The first-order valence-electron chi connectivity index (χ1n) is 11.4. The van der Waals surface area contributed by atoms with Crippen LogP contribution in [0, 0.1) is 32.3 Å². The first kappa shape index (κ1) is 28.1. The lowest BCUT2D eigenvalue weighted by Gasteiger charge is -2.13.